The molecule has 0 spiro atoms. The van der Waals surface area contributed by atoms with Crippen molar-refractivity contribution in [3.8, 4) is 11.8 Å². The molecule has 4 rings (SSSR count). The number of rotatable bonds is 6. The summed E-state index contributed by atoms with van der Waals surface area (Å²) in [7, 11) is 0. The van der Waals surface area contributed by atoms with Crippen molar-refractivity contribution >= 4 is 17.5 Å². The van der Waals surface area contributed by atoms with Crippen molar-refractivity contribution in [2.75, 3.05) is 17.2 Å². The molecule has 3 aromatic rings. The first kappa shape index (κ1) is 20.6. The van der Waals surface area contributed by atoms with Gasteiger partial charge in [-0.05, 0) is 67.3 Å². The molecule has 0 atom stereocenters. The highest BCUT2D eigenvalue weighted by atomic mass is 16.2. The number of aromatic nitrogens is 2. The van der Waals surface area contributed by atoms with Crippen LogP contribution in [-0.2, 0) is 19.4 Å². The number of carbonyl (C=O) groups excluding carboxylic acids is 1. The van der Waals surface area contributed by atoms with Crippen LogP contribution in [-0.4, -0.2) is 22.4 Å². The van der Waals surface area contributed by atoms with Gasteiger partial charge in [0.25, 0.3) is 0 Å². The van der Waals surface area contributed by atoms with E-state index in [0.29, 0.717) is 17.1 Å². The molecule has 0 saturated carbocycles. The van der Waals surface area contributed by atoms with Gasteiger partial charge in [0.2, 0.25) is 0 Å². The Kier molecular flexibility index (Phi) is 6.29. The third-order valence-corrected chi connectivity index (χ3v) is 5.36. The van der Waals surface area contributed by atoms with Crippen LogP contribution in [0.1, 0.15) is 42.1 Å². The minimum absolute atomic E-state index is 0.377. The quantitative estimate of drug-likeness (QED) is 0.558. The van der Waals surface area contributed by atoms with E-state index in [2.05, 4.69) is 47.1 Å². The lowest BCUT2D eigenvalue weighted by Crippen LogP contribution is -2.24. The lowest BCUT2D eigenvalue weighted by Gasteiger charge is -2.18. The fraction of sp³-hybridized carbons (Fsp3) is 0.292. The molecule has 1 aliphatic heterocycles. The summed E-state index contributed by atoms with van der Waals surface area (Å²) in [5.41, 5.74) is 5.54. The Balaban J connectivity index is 1.59. The van der Waals surface area contributed by atoms with E-state index in [4.69, 9.17) is 10.4 Å². The summed E-state index contributed by atoms with van der Waals surface area (Å²) < 4.78 is 1.80. The van der Waals surface area contributed by atoms with Gasteiger partial charge in [-0.2, -0.15) is 10.4 Å². The van der Waals surface area contributed by atoms with Gasteiger partial charge in [0.05, 0.1) is 23.0 Å². The fourth-order valence-electron chi connectivity index (χ4n) is 3.74. The number of fused-ring (bicyclic) bond motifs is 1. The molecule has 0 radical (unpaired) electrons. The highest BCUT2D eigenvalue weighted by molar-refractivity contribution is 5.99. The highest BCUT2D eigenvalue weighted by Gasteiger charge is 2.15. The lowest BCUT2D eigenvalue weighted by atomic mass is 10.0. The molecule has 1 aliphatic rings. The van der Waals surface area contributed by atoms with Crippen molar-refractivity contribution in [1.29, 1.82) is 5.26 Å². The van der Waals surface area contributed by atoms with Crippen molar-refractivity contribution in [2.24, 2.45) is 0 Å². The molecule has 158 valence electrons. The van der Waals surface area contributed by atoms with Crippen molar-refractivity contribution in [3.05, 3.63) is 70.9 Å². The van der Waals surface area contributed by atoms with Crippen molar-refractivity contribution in [1.82, 2.24) is 15.1 Å². The summed E-state index contributed by atoms with van der Waals surface area (Å²) in [5, 5.41) is 22.9. The predicted molar refractivity (Wildman–Crippen MR) is 121 cm³/mol. The number of unbranched alkanes of at least 4 members (excludes halogenated alkanes) is 1. The minimum Gasteiger partial charge on any atom is -0.312 e. The maximum absolute atomic E-state index is 12.7. The number of nitrogens with one attached hydrogen (secondary N) is 3. The van der Waals surface area contributed by atoms with Crippen molar-refractivity contribution < 1.29 is 4.79 Å². The van der Waals surface area contributed by atoms with Gasteiger partial charge in [-0.25, -0.2) is 9.48 Å². The number of nitriles is 1. The molecule has 31 heavy (non-hydrogen) atoms. The Labute approximate surface area is 182 Å². The van der Waals surface area contributed by atoms with E-state index in [1.807, 2.05) is 6.07 Å². The third-order valence-electron chi connectivity index (χ3n) is 5.36. The molecule has 1 aromatic heterocycles. The van der Waals surface area contributed by atoms with E-state index in [0.717, 1.165) is 50.2 Å². The standard InChI is InChI=1S/C24H26N6O/c1-2-3-6-21-14-23(28-24(31)27-20-7-4-5-17(12-20)15-25)30(29-21)22-9-8-18-10-11-26-16-19(18)13-22/h4-5,7-9,12-14,26H,2-3,6,10-11,16H2,1H3,(H2,27,28,31). The van der Waals surface area contributed by atoms with Gasteiger partial charge in [-0.15, -0.1) is 0 Å². The monoisotopic (exact) mass is 414 g/mol. The molecule has 0 aliphatic carbocycles. The van der Waals surface area contributed by atoms with Crippen LogP contribution in [0, 0.1) is 11.3 Å². The second-order valence-electron chi connectivity index (χ2n) is 7.69. The zero-order chi connectivity index (χ0) is 21.6. The van der Waals surface area contributed by atoms with Crippen LogP contribution >= 0.6 is 0 Å². The first-order chi connectivity index (χ1) is 15.2. The number of aryl methyl sites for hydroxylation is 1. The Morgan fingerprint density at radius 3 is 2.94 bits per heavy atom. The summed E-state index contributed by atoms with van der Waals surface area (Å²) in [6.07, 6.45) is 4.00. The van der Waals surface area contributed by atoms with E-state index >= 15 is 0 Å². The molecule has 3 N–H and O–H groups in total. The Morgan fingerprint density at radius 1 is 1.19 bits per heavy atom. The highest BCUT2D eigenvalue weighted by Crippen LogP contribution is 2.23. The first-order valence-corrected chi connectivity index (χ1v) is 10.7. The lowest BCUT2D eigenvalue weighted by molar-refractivity contribution is 0.262. The van der Waals surface area contributed by atoms with Crippen LogP contribution < -0.4 is 16.0 Å². The molecule has 0 bridgehead atoms. The topological polar surface area (TPSA) is 94.8 Å². The number of nitrogens with zero attached hydrogens (tertiary/aromatic N) is 3. The summed E-state index contributed by atoms with van der Waals surface area (Å²) >= 11 is 0. The average Bonchev–Trinajstić information content (AvgIpc) is 3.19. The second-order valence-corrected chi connectivity index (χ2v) is 7.69. The van der Waals surface area contributed by atoms with Crippen LogP contribution in [0.4, 0.5) is 16.3 Å². The summed E-state index contributed by atoms with van der Waals surface area (Å²) in [6.45, 7) is 3.98. The van der Waals surface area contributed by atoms with Gasteiger partial charge < -0.3 is 10.6 Å². The molecule has 0 saturated heterocycles. The Hall–Kier alpha value is -3.63. The van der Waals surface area contributed by atoms with E-state index < -0.39 is 0 Å². The fourth-order valence-corrected chi connectivity index (χ4v) is 3.74. The zero-order valence-corrected chi connectivity index (χ0v) is 17.6. The molecule has 2 heterocycles. The second kappa shape index (κ2) is 9.45. The summed E-state index contributed by atoms with van der Waals surface area (Å²) in [5.74, 6) is 0.615. The number of hydrogen-bond donors (Lipinski definition) is 3. The molecule has 2 amide bonds. The largest absolute Gasteiger partial charge is 0.324 e. The number of amides is 2. The molecular formula is C24H26N6O. The normalized spacial score (nSPS) is 12.6. The molecular weight excluding hydrogens is 388 g/mol. The molecule has 0 unspecified atom stereocenters. The van der Waals surface area contributed by atoms with Gasteiger partial charge in [0.1, 0.15) is 5.82 Å². The Bertz CT molecular complexity index is 1130. The smallest absolute Gasteiger partial charge is 0.312 e. The average molecular weight is 415 g/mol. The van der Waals surface area contributed by atoms with Crippen LogP contribution in [0.2, 0.25) is 0 Å². The Morgan fingerprint density at radius 2 is 2.10 bits per heavy atom. The number of anilines is 2. The third kappa shape index (κ3) is 4.93. The van der Waals surface area contributed by atoms with Crippen molar-refractivity contribution in [2.45, 2.75) is 39.2 Å². The summed E-state index contributed by atoms with van der Waals surface area (Å²) in [4.78, 5) is 12.7. The van der Waals surface area contributed by atoms with Crippen LogP contribution in [0.25, 0.3) is 5.69 Å². The van der Waals surface area contributed by atoms with Gasteiger partial charge >= 0.3 is 6.03 Å². The number of benzene rings is 2. The minimum atomic E-state index is -0.377. The van der Waals surface area contributed by atoms with E-state index in [1.54, 1.807) is 28.9 Å². The van der Waals surface area contributed by atoms with E-state index in [-0.39, 0.29) is 6.03 Å². The van der Waals surface area contributed by atoms with E-state index in [9.17, 15) is 4.79 Å². The van der Waals surface area contributed by atoms with Gasteiger partial charge in [0.15, 0.2) is 0 Å². The SMILES string of the molecule is CCCCc1cc(NC(=O)Nc2cccc(C#N)c2)n(-c2ccc3c(c2)CNCC3)n1. The zero-order valence-electron chi connectivity index (χ0n) is 17.6. The molecule has 7 heteroatoms. The van der Waals surface area contributed by atoms with Crippen LogP contribution in [0.5, 0.6) is 0 Å². The maximum Gasteiger partial charge on any atom is 0.324 e. The number of hydrogen-bond acceptors (Lipinski definition) is 4. The van der Waals surface area contributed by atoms with Gasteiger partial charge in [-0.1, -0.05) is 25.5 Å². The molecule has 2 aromatic carbocycles. The molecule has 0 fully saturated rings. The van der Waals surface area contributed by atoms with Gasteiger partial charge in [0, 0.05) is 18.3 Å². The molecule has 7 nitrogen and oxygen atoms in total. The van der Waals surface area contributed by atoms with Crippen molar-refractivity contribution in [3.63, 3.8) is 0 Å². The number of urea groups is 1. The van der Waals surface area contributed by atoms with Crippen LogP contribution in [0.3, 0.4) is 0 Å². The summed E-state index contributed by atoms with van der Waals surface area (Å²) in [6, 6.07) is 16.8. The first-order valence-electron chi connectivity index (χ1n) is 10.7. The maximum atomic E-state index is 12.7. The van der Waals surface area contributed by atoms with Gasteiger partial charge in [-0.3, -0.25) is 5.32 Å². The van der Waals surface area contributed by atoms with Crippen LogP contribution in [0.15, 0.2) is 48.5 Å². The van der Waals surface area contributed by atoms with E-state index in [1.165, 1.54) is 11.1 Å². The number of carbonyl (C=O) groups is 1. The predicted octanol–water partition coefficient (Wildman–Crippen LogP) is 4.38.